The zero-order valence-electron chi connectivity index (χ0n) is 2.92. The van der Waals surface area contributed by atoms with Crippen molar-refractivity contribution in [1.29, 1.82) is 0 Å². The molecule has 1 nitrogen and oxygen atoms in total. The van der Waals surface area contributed by atoms with Gasteiger partial charge in [0.1, 0.15) is 0 Å². The summed E-state index contributed by atoms with van der Waals surface area (Å²) in [6.07, 6.45) is 0. The van der Waals surface area contributed by atoms with E-state index in [0.717, 1.165) is 0 Å². The van der Waals surface area contributed by atoms with Crippen LogP contribution in [0, 0.1) is 0 Å². The molecule has 2 radical (unpaired) electrons. The average Bonchev–Trinajstić information content (AvgIpc) is 0. The summed E-state index contributed by atoms with van der Waals surface area (Å²) in [5.74, 6) is 0. The van der Waals surface area contributed by atoms with Crippen molar-refractivity contribution in [3.8, 4) is 0 Å². The minimum Gasteiger partial charge on any atom is -0.412 e. The Balaban J connectivity index is 0. The summed E-state index contributed by atoms with van der Waals surface area (Å²) < 4.78 is 0. The Morgan fingerprint density at radius 1 is 1.00 bits per heavy atom. The van der Waals surface area contributed by atoms with E-state index in [2.05, 4.69) is 0 Å². The molecule has 0 amide bonds. The van der Waals surface area contributed by atoms with Crippen LogP contribution in [0.5, 0.6) is 0 Å². The van der Waals surface area contributed by atoms with Crippen molar-refractivity contribution in [3.05, 3.63) is 0 Å². The Morgan fingerprint density at radius 3 is 1.00 bits per heavy atom. The maximum absolute atomic E-state index is 0. The van der Waals surface area contributed by atoms with Crippen LogP contribution in [-0.2, 0) is 38.1 Å². The van der Waals surface area contributed by atoms with Gasteiger partial charge in [0.05, 0.1) is 0 Å². The molecule has 0 aromatic heterocycles. The first-order valence-corrected chi connectivity index (χ1v) is 0. The largest absolute Gasteiger partial charge is 0.412 e. The quantitative estimate of drug-likeness (QED) is 0.395. The summed E-state index contributed by atoms with van der Waals surface area (Å²) in [5, 5.41) is 0. The molecule has 0 aromatic carbocycles. The van der Waals surface area contributed by atoms with Gasteiger partial charge in [-0.25, -0.2) is 0 Å². The maximum atomic E-state index is 0. The fraction of sp³-hybridized carbons (Fsp3) is 0. The minimum absolute atomic E-state index is 0. The van der Waals surface area contributed by atoms with Gasteiger partial charge in [0, 0.05) is 89.5 Å². The van der Waals surface area contributed by atoms with Crippen LogP contribution in [0.15, 0.2) is 0 Å². The maximum Gasteiger partial charge on any atom is 0 e. The Bertz CT molecular complexity index is 11.6. The molecule has 0 fully saturated rings. The van der Waals surface area contributed by atoms with E-state index in [9.17, 15) is 0 Å². The Morgan fingerprint density at radius 2 is 1.00 bits per heavy atom. The average molecular weight is 338 g/mol. The molecule has 5 heavy (non-hydrogen) atoms. The third-order valence-electron chi connectivity index (χ3n) is 0. The smallest absolute Gasteiger partial charge is 0 e. The normalized spacial score (nSPS) is 0. The van der Waals surface area contributed by atoms with Crippen molar-refractivity contribution in [2.24, 2.45) is 0 Å². The van der Waals surface area contributed by atoms with Crippen molar-refractivity contribution in [1.82, 2.24) is 0 Å². The first-order chi connectivity index (χ1) is 0. The summed E-state index contributed by atoms with van der Waals surface area (Å²) in [5.41, 5.74) is 0. The van der Waals surface area contributed by atoms with Gasteiger partial charge in [0.25, 0.3) is 0 Å². The van der Waals surface area contributed by atoms with Crippen LogP contribution in [0.3, 0.4) is 0 Å². The summed E-state index contributed by atoms with van der Waals surface area (Å²) in [7, 11) is 0. The van der Waals surface area contributed by atoms with E-state index in [-0.39, 0.29) is 105 Å². The van der Waals surface area contributed by atoms with Crippen LogP contribution in [0.4, 0.5) is 0 Å². The molecule has 5 heteroatoms. The summed E-state index contributed by atoms with van der Waals surface area (Å²) in [6.45, 7) is 0. The van der Waals surface area contributed by atoms with Crippen molar-refractivity contribution >= 4 is 61.3 Å². The molecule has 0 aliphatic rings. The standard InChI is InChI=1S/Cu.K.H2O.H3P.W/h;;1H2;1H3;. The van der Waals surface area contributed by atoms with Crippen molar-refractivity contribution < 1.29 is 43.6 Å². The van der Waals surface area contributed by atoms with Crippen LogP contribution in [0.25, 0.3) is 0 Å². The van der Waals surface area contributed by atoms with E-state index in [0.29, 0.717) is 0 Å². The molecule has 0 bridgehead atoms. The van der Waals surface area contributed by atoms with E-state index >= 15 is 0 Å². The van der Waals surface area contributed by atoms with Gasteiger partial charge in [-0.1, -0.05) is 0 Å². The van der Waals surface area contributed by atoms with Crippen LogP contribution in [0.2, 0.25) is 0 Å². The third-order valence-corrected chi connectivity index (χ3v) is 0. The molecule has 0 heterocycles. The summed E-state index contributed by atoms with van der Waals surface area (Å²) in [6, 6.07) is 0. The van der Waals surface area contributed by atoms with E-state index in [1.807, 2.05) is 0 Å². The van der Waals surface area contributed by atoms with Crippen LogP contribution >= 0.6 is 9.90 Å². The van der Waals surface area contributed by atoms with Crippen molar-refractivity contribution in [2.45, 2.75) is 0 Å². The predicted octanol–water partition coefficient (Wildman–Crippen LogP) is -1.15. The molecular weight excluding hydrogens is 333 g/mol. The molecule has 34 valence electrons. The second kappa shape index (κ2) is 26.9. The third kappa shape index (κ3) is 18.9. The molecular formula is H5CuKOPW. The molecule has 2 N–H and O–H groups in total. The summed E-state index contributed by atoms with van der Waals surface area (Å²) in [4.78, 5) is 0. The number of hydrogen-bond donors (Lipinski definition) is 0. The van der Waals surface area contributed by atoms with Crippen LogP contribution < -0.4 is 0 Å². The van der Waals surface area contributed by atoms with E-state index in [1.54, 1.807) is 0 Å². The Labute approximate surface area is 103 Å². The van der Waals surface area contributed by atoms with Crippen molar-refractivity contribution in [3.63, 3.8) is 0 Å². The molecule has 0 aliphatic heterocycles. The van der Waals surface area contributed by atoms with Gasteiger partial charge in [-0.15, -0.1) is 0 Å². The topological polar surface area (TPSA) is 31.5 Å². The van der Waals surface area contributed by atoms with Gasteiger partial charge in [-0.05, 0) is 0 Å². The van der Waals surface area contributed by atoms with Crippen molar-refractivity contribution in [2.75, 3.05) is 0 Å². The first-order valence-electron chi connectivity index (χ1n) is 0. The first kappa shape index (κ1) is 41.2. The molecule has 0 aliphatic carbocycles. The second-order valence-electron chi connectivity index (χ2n) is 0. The zero-order chi connectivity index (χ0) is 0. The monoisotopic (exact) mass is 338 g/mol. The molecule has 0 aromatic rings. The van der Waals surface area contributed by atoms with Gasteiger partial charge in [0.2, 0.25) is 0 Å². The summed E-state index contributed by atoms with van der Waals surface area (Å²) >= 11 is 0. The number of rotatable bonds is 0. The molecule has 1 unspecified atom stereocenters. The fourth-order valence-electron chi connectivity index (χ4n) is 0. The molecule has 1 atom stereocenters. The fourth-order valence-corrected chi connectivity index (χ4v) is 0. The minimum atomic E-state index is 0. The van der Waals surface area contributed by atoms with E-state index in [1.165, 1.54) is 0 Å². The molecule has 0 saturated heterocycles. The predicted molar refractivity (Wildman–Crippen MR) is 20.5 cm³/mol. The van der Waals surface area contributed by atoms with Crippen LogP contribution in [0.1, 0.15) is 0 Å². The SMILES string of the molecule is O.P.[Cu].[K].[W]. The second-order valence-corrected chi connectivity index (χ2v) is 0. The molecule has 0 spiro atoms. The van der Waals surface area contributed by atoms with Gasteiger partial charge in [0.15, 0.2) is 0 Å². The van der Waals surface area contributed by atoms with Crippen LogP contribution in [-0.4, -0.2) is 56.9 Å². The molecule has 0 rings (SSSR count). The molecule has 0 saturated carbocycles. The Hall–Kier alpha value is 3.23. The number of hydrogen-bond acceptors (Lipinski definition) is 0. The van der Waals surface area contributed by atoms with E-state index in [4.69, 9.17) is 0 Å². The zero-order valence-corrected chi connectivity index (χ0v) is 11.3. The van der Waals surface area contributed by atoms with Gasteiger partial charge in [-0.2, -0.15) is 9.90 Å². The van der Waals surface area contributed by atoms with Gasteiger partial charge in [-0.3, -0.25) is 0 Å². The van der Waals surface area contributed by atoms with Gasteiger partial charge < -0.3 is 5.48 Å². The van der Waals surface area contributed by atoms with Gasteiger partial charge >= 0.3 is 0 Å². The van der Waals surface area contributed by atoms with E-state index < -0.39 is 0 Å². The Kier molecular flexibility index (Phi) is 221.